The molecule has 1 saturated carbocycles. The Labute approximate surface area is 44.4 Å². The molecule has 0 spiro atoms. The van der Waals surface area contributed by atoms with Crippen LogP contribution in [0.4, 0.5) is 0 Å². The second-order valence-electron chi connectivity index (χ2n) is 2.51. The highest BCUT2D eigenvalue weighted by molar-refractivity contribution is 4.90. The fourth-order valence-electron chi connectivity index (χ4n) is 0.800. The molecular weight excluding hydrogens is 88.1 g/mol. The number of aliphatic hydroxyl groups is 1. The molecule has 1 rings (SSSR count). The molecule has 0 aromatic carbocycles. The average molecular weight is 100 g/mol. The predicted octanol–water partition coefficient (Wildman–Crippen LogP) is 1.17. The van der Waals surface area contributed by atoms with Crippen molar-refractivity contribution >= 4 is 0 Å². The van der Waals surface area contributed by atoms with Gasteiger partial charge in [-0.3, -0.25) is 0 Å². The summed E-state index contributed by atoms with van der Waals surface area (Å²) in [7, 11) is 0. The molecule has 0 saturated heterocycles. The van der Waals surface area contributed by atoms with Crippen molar-refractivity contribution in [3.63, 3.8) is 0 Å². The van der Waals surface area contributed by atoms with E-state index in [0.29, 0.717) is 12.0 Å². The van der Waals surface area contributed by atoms with E-state index < -0.39 is 0 Å². The summed E-state index contributed by atoms with van der Waals surface area (Å²) in [5.74, 6) is 0. The van der Waals surface area contributed by atoms with Crippen molar-refractivity contribution in [2.24, 2.45) is 5.41 Å². The standard InChI is InChI=1S/C6H12O/c1-2-6(5-7)3-4-6/h7H,2-5H2,1H3. The van der Waals surface area contributed by atoms with Crippen molar-refractivity contribution in [3.8, 4) is 0 Å². The maximum Gasteiger partial charge on any atom is 0.0487 e. The third-order valence-corrected chi connectivity index (χ3v) is 2.04. The van der Waals surface area contributed by atoms with Gasteiger partial charge < -0.3 is 5.11 Å². The van der Waals surface area contributed by atoms with Crippen molar-refractivity contribution in [3.05, 3.63) is 0 Å². The molecule has 1 aliphatic carbocycles. The maximum absolute atomic E-state index is 8.66. The molecule has 0 aliphatic heterocycles. The predicted molar refractivity (Wildman–Crippen MR) is 29.0 cm³/mol. The first-order valence-corrected chi connectivity index (χ1v) is 2.94. The number of aliphatic hydroxyl groups excluding tert-OH is 1. The minimum atomic E-state index is 0.389. The summed E-state index contributed by atoms with van der Waals surface area (Å²) in [5.41, 5.74) is 0.389. The lowest BCUT2D eigenvalue weighted by atomic mass is 10.1. The van der Waals surface area contributed by atoms with Crippen molar-refractivity contribution in [1.29, 1.82) is 0 Å². The van der Waals surface area contributed by atoms with Crippen molar-refractivity contribution < 1.29 is 5.11 Å². The van der Waals surface area contributed by atoms with Crippen LogP contribution in [0, 0.1) is 5.41 Å². The van der Waals surface area contributed by atoms with Crippen LogP contribution in [-0.4, -0.2) is 11.7 Å². The zero-order chi connectivity index (χ0) is 5.33. The smallest absolute Gasteiger partial charge is 0.0487 e. The first-order valence-electron chi connectivity index (χ1n) is 2.94. The van der Waals surface area contributed by atoms with Gasteiger partial charge in [-0.2, -0.15) is 0 Å². The van der Waals surface area contributed by atoms with Crippen LogP contribution >= 0.6 is 0 Å². The first kappa shape index (κ1) is 5.10. The molecule has 1 N–H and O–H groups in total. The van der Waals surface area contributed by atoms with Gasteiger partial charge in [-0.05, 0) is 24.7 Å². The molecule has 42 valence electrons. The summed E-state index contributed by atoms with van der Waals surface area (Å²) in [5, 5.41) is 8.66. The summed E-state index contributed by atoms with van der Waals surface area (Å²) in [6.45, 7) is 2.55. The lowest BCUT2D eigenvalue weighted by Crippen LogP contribution is -2.02. The van der Waals surface area contributed by atoms with Crippen LogP contribution in [0.25, 0.3) is 0 Å². The molecule has 0 radical (unpaired) electrons. The Morgan fingerprint density at radius 1 is 1.57 bits per heavy atom. The van der Waals surface area contributed by atoms with Gasteiger partial charge in [0.25, 0.3) is 0 Å². The highest BCUT2D eigenvalue weighted by Crippen LogP contribution is 2.47. The van der Waals surface area contributed by atoms with Gasteiger partial charge >= 0.3 is 0 Å². The Kier molecular flexibility index (Phi) is 1.08. The second kappa shape index (κ2) is 1.48. The molecule has 0 unspecified atom stereocenters. The van der Waals surface area contributed by atoms with Crippen LogP contribution in [0.5, 0.6) is 0 Å². The van der Waals surface area contributed by atoms with Gasteiger partial charge in [-0.1, -0.05) is 6.92 Å². The monoisotopic (exact) mass is 100 g/mol. The molecular formula is C6H12O. The molecule has 0 bridgehead atoms. The Morgan fingerprint density at radius 3 is 2.14 bits per heavy atom. The van der Waals surface area contributed by atoms with Gasteiger partial charge in [0.1, 0.15) is 0 Å². The van der Waals surface area contributed by atoms with Gasteiger partial charge in [0.05, 0.1) is 0 Å². The van der Waals surface area contributed by atoms with E-state index in [-0.39, 0.29) is 0 Å². The summed E-state index contributed by atoms with van der Waals surface area (Å²) in [6, 6.07) is 0. The van der Waals surface area contributed by atoms with E-state index in [1.807, 2.05) is 0 Å². The topological polar surface area (TPSA) is 20.2 Å². The average Bonchev–Trinajstić information content (AvgIpc) is 2.46. The second-order valence-corrected chi connectivity index (χ2v) is 2.51. The highest BCUT2D eigenvalue weighted by atomic mass is 16.3. The van der Waals surface area contributed by atoms with E-state index in [0.717, 1.165) is 6.42 Å². The summed E-state index contributed by atoms with van der Waals surface area (Å²) in [6.07, 6.45) is 3.66. The minimum Gasteiger partial charge on any atom is -0.396 e. The van der Waals surface area contributed by atoms with Gasteiger partial charge in [0.15, 0.2) is 0 Å². The lowest BCUT2D eigenvalue weighted by molar-refractivity contribution is 0.208. The number of hydrogen-bond acceptors (Lipinski definition) is 1. The molecule has 1 aliphatic rings. The minimum absolute atomic E-state index is 0.389. The maximum atomic E-state index is 8.66. The molecule has 0 atom stereocenters. The number of hydrogen-bond donors (Lipinski definition) is 1. The normalized spacial score (nSPS) is 24.9. The molecule has 0 aromatic rings. The van der Waals surface area contributed by atoms with Crippen LogP contribution < -0.4 is 0 Å². The molecule has 0 aromatic heterocycles. The van der Waals surface area contributed by atoms with Crippen molar-refractivity contribution in [2.75, 3.05) is 6.61 Å². The van der Waals surface area contributed by atoms with Gasteiger partial charge in [-0.15, -0.1) is 0 Å². The third kappa shape index (κ3) is 0.778. The quantitative estimate of drug-likeness (QED) is 0.552. The highest BCUT2D eigenvalue weighted by Gasteiger charge is 2.39. The van der Waals surface area contributed by atoms with Crippen LogP contribution in [0.3, 0.4) is 0 Å². The number of rotatable bonds is 2. The van der Waals surface area contributed by atoms with E-state index >= 15 is 0 Å². The van der Waals surface area contributed by atoms with Crippen LogP contribution in [0.2, 0.25) is 0 Å². The lowest BCUT2D eigenvalue weighted by Gasteiger charge is -2.03. The zero-order valence-electron chi connectivity index (χ0n) is 4.78. The largest absolute Gasteiger partial charge is 0.396 e. The van der Waals surface area contributed by atoms with Gasteiger partial charge in [0, 0.05) is 6.61 Å². The van der Waals surface area contributed by atoms with E-state index in [1.54, 1.807) is 0 Å². The Balaban J connectivity index is 2.28. The zero-order valence-corrected chi connectivity index (χ0v) is 4.78. The summed E-state index contributed by atoms with van der Waals surface area (Å²) < 4.78 is 0. The van der Waals surface area contributed by atoms with Crippen LogP contribution in [0.1, 0.15) is 26.2 Å². The van der Waals surface area contributed by atoms with E-state index in [9.17, 15) is 0 Å². The van der Waals surface area contributed by atoms with E-state index in [1.165, 1.54) is 12.8 Å². The SMILES string of the molecule is CCC1(CO)CC1. The molecule has 0 heterocycles. The van der Waals surface area contributed by atoms with Crippen molar-refractivity contribution in [1.82, 2.24) is 0 Å². The molecule has 1 heteroatoms. The van der Waals surface area contributed by atoms with Crippen LogP contribution in [-0.2, 0) is 0 Å². The summed E-state index contributed by atoms with van der Waals surface area (Å²) >= 11 is 0. The van der Waals surface area contributed by atoms with Gasteiger partial charge in [0.2, 0.25) is 0 Å². The van der Waals surface area contributed by atoms with E-state index in [2.05, 4.69) is 6.92 Å². The fourth-order valence-corrected chi connectivity index (χ4v) is 0.800. The fraction of sp³-hybridized carbons (Fsp3) is 1.00. The Morgan fingerprint density at radius 2 is 2.14 bits per heavy atom. The van der Waals surface area contributed by atoms with Crippen LogP contribution in [0.15, 0.2) is 0 Å². The Hall–Kier alpha value is -0.0400. The molecule has 1 fully saturated rings. The van der Waals surface area contributed by atoms with Gasteiger partial charge in [-0.25, -0.2) is 0 Å². The van der Waals surface area contributed by atoms with E-state index in [4.69, 9.17) is 5.11 Å². The summed E-state index contributed by atoms with van der Waals surface area (Å²) in [4.78, 5) is 0. The Bertz CT molecular complexity index is 58.6. The first-order chi connectivity index (χ1) is 3.33. The van der Waals surface area contributed by atoms with Crippen molar-refractivity contribution in [2.45, 2.75) is 26.2 Å². The molecule has 1 nitrogen and oxygen atoms in total. The third-order valence-electron chi connectivity index (χ3n) is 2.04. The molecule has 0 amide bonds. The molecule has 7 heavy (non-hydrogen) atoms.